The van der Waals surface area contributed by atoms with Gasteiger partial charge in [0.15, 0.2) is 5.78 Å². The van der Waals surface area contributed by atoms with Crippen LogP contribution in [0.25, 0.3) is 0 Å². The van der Waals surface area contributed by atoms with E-state index >= 15 is 0 Å². The number of fused-ring (bicyclic) bond motifs is 1. The third-order valence-corrected chi connectivity index (χ3v) is 3.56. The first-order valence-corrected chi connectivity index (χ1v) is 6.57. The van der Waals surface area contributed by atoms with Crippen LogP contribution in [0.1, 0.15) is 38.7 Å². The summed E-state index contributed by atoms with van der Waals surface area (Å²) in [5.41, 5.74) is 2.08. The zero-order valence-corrected chi connectivity index (χ0v) is 11.0. The SMILES string of the molecule is CCC(=O)C(C)N1C(=O)CCCc2ccccc21. The number of ketones is 1. The summed E-state index contributed by atoms with van der Waals surface area (Å²) in [7, 11) is 0. The van der Waals surface area contributed by atoms with Gasteiger partial charge >= 0.3 is 0 Å². The number of benzene rings is 1. The van der Waals surface area contributed by atoms with Gasteiger partial charge in [-0.1, -0.05) is 25.1 Å². The van der Waals surface area contributed by atoms with Crippen LogP contribution in [0.2, 0.25) is 0 Å². The van der Waals surface area contributed by atoms with E-state index in [1.54, 1.807) is 4.90 Å². The van der Waals surface area contributed by atoms with Gasteiger partial charge in [0, 0.05) is 18.5 Å². The van der Waals surface area contributed by atoms with Gasteiger partial charge in [-0.25, -0.2) is 0 Å². The second-order valence-corrected chi connectivity index (χ2v) is 4.74. The Balaban J connectivity index is 2.42. The van der Waals surface area contributed by atoms with Crippen molar-refractivity contribution in [3.8, 4) is 0 Å². The highest BCUT2D eigenvalue weighted by molar-refractivity contribution is 6.02. The Bertz CT molecular complexity index is 467. The fourth-order valence-electron chi connectivity index (χ4n) is 2.51. The Morgan fingerprint density at radius 2 is 2.06 bits per heavy atom. The third kappa shape index (κ3) is 2.30. The zero-order chi connectivity index (χ0) is 13.1. The minimum absolute atomic E-state index is 0.0641. The minimum atomic E-state index is -0.359. The van der Waals surface area contributed by atoms with Gasteiger partial charge in [0.2, 0.25) is 5.91 Å². The number of hydrogen-bond acceptors (Lipinski definition) is 2. The molecule has 0 fully saturated rings. The van der Waals surface area contributed by atoms with Crippen molar-refractivity contribution in [3.63, 3.8) is 0 Å². The molecule has 0 bridgehead atoms. The maximum atomic E-state index is 12.2. The van der Waals surface area contributed by atoms with E-state index in [0.717, 1.165) is 18.5 Å². The lowest BCUT2D eigenvalue weighted by molar-refractivity contribution is -0.124. The number of carbonyl (C=O) groups is 2. The highest BCUT2D eigenvalue weighted by Crippen LogP contribution is 2.28. The Morgan fingerprint density at radius 3 is 2.78 bits per heavy atom. The van der Waals surface area contributed by atoms with Crippen molar-refractivity contribution in [1.82, 2.24) is 0 Å². The van der Waals surface area contributed by atoms with Crippen molar-refractivity contribution >= 4 is 17.4 Å². The molecule has 0 radical (unpaired) electrons. The van der Waals surface area contributed by atoms with Crippen molar-refractivity contribution in [2.24, 2.45) is 0 Å². The van der Waals surface area contributed by atoms with E-state index < -0.39 is 0 Å². The molecule has 3 nitrogen and oxygen atoms in total. The quantitative estimate of drug-likeness (QED) is 0.821. The minimum Gasteiger partial charge on any atom is -0.302 e. The van der Waals surface area contributed by atoms with Crippen LogP contribution in [-0.4, -0.2) is 17.7 Å². The Hall–Kier alpha value is -1.64. The van der Waals surface area contributed by atoms with Gasteiger partial charge in [0.05, 0.1) is 6.04 Å². The number of hydrogen-bond donors (Lipinski definition) is 0. The lowest BCUT2D eigenvalue weighted by atomic mass is 10.1. The summed E-state index contributed by atoms with van der Waals surface area (Å²) in [6, 6.07) is 7.54. The summed E-state index contributed by atoms with van der Waals surface area (Å²) >= 11 is 0. The smallest absolute Gasteiger partial charge is 0.227 e. The van der Waals surface area contributed by atoms with E-state index in [2.05, 4.69) is 0 Å². The first kappa shape index (κ1) is 12.8. The van der Waals surface area contributed by atoms with E-state index in [4.69, 9.17) is 0 Å². The van der Waals surface area contributed by atoms with Crippen LogP contribution in [0.15, 0.2) is 24.3 Å². The summed E-state index contributed by atoms with van der Waals surface area (Å²) < 4.78 is 0. The molecular weight excluding hydrogens is 226 g/mol. The van der Waals surface area contributed by atoms with Gasteiger partial charge in [-0.15, -0.1) is 0 Å². The standard InChI is InChI=1S/C15H19NO2/c1-3-14(17)11(2)16-13-9-5-4-7-12(13)8-6-10-15(16)18/h4-5,7,9,11H,3,6,8,10H2,1-2H3. The summed E-state index contributed by atoms with van der Waals surface area (Å²) in [6.07, 6.45) is 2.76. The molecule has 1 heterocycles. The maximum absolute atomic E-state index is 12.2. The number of rotatable bonds is 3. The van der Waals surface area contributed by atoms with Crippen LogP contribution < -0.4 is 4.90 Å². The number of para-hydroxylation sites is 1. The Kier molecular flexibility index (Phi) is 3.80. The van der Waals surface area contributed by atoms with Crippen LogP contribution in [0.5, 0.6) is 0 Å². The third-order valence-electron chi connectivity index (χ3n) is 3.56. The van der Waals surface area contributed by atoms with Gasteiger partial charge in [-0.05, 0) is 31.4 Å². The van der Waals surface area contributed by atoms with Gasteiger partial charge in [-0.2, -0.15) is 0 Å². The number of carbonyl (C=O) groups excluding carboxylic acids is 2. The summed E-state index contributed by atoms with van der Waals surface area (Å²) in [5, 5.41) is 0. The predicted molar refractivity (Wildman–Crippen MR) is 71.6 cm³/mol. The topological polar surface area (TPSA) is 37.4 Å². The fourth-order valence-corrected chi connectivity index (χ4v) is 2.51. The Morgan fingerprint density at radius 1 is 1.33 bits per heavy atom. The van der Waals surface area contributed by atoms with Crippen LogP contribution >= 0.6 is 0 Å². The molecule has 0 spiro atoms. The second-order valence-electron chi connectivity index (χ2n) is 4.74. The van der Waals surface area contributed by atoms with E-state index in [1.807, 2.05) is 38.1 Å². The first-order chi connectivity index (χ1) is 8.65. The van der Waals surface area contributed by atoms with Crippen molar-refractivity contribution in [1.29, 1.82) is 0 Å². The molecule has 1 aliphatic heterocycles. The van der Waals surface area contributed by atoms with E-state index in [0.29, 0.717) is 12.8 Å². The number of Topliss-reactive ketones (excluding diaryl/α,β-unsaturated/α-hetero) is 1. The highest BCUT2D eigenvalue weighted by Gasteiger charge is 2.29. The normalized spacial score (nSPS) is 17.0. The molecule has 1 atom stereocenters. The van der Waals surface area contributed by atoms with E-state index in [1.165, 1.54) is 5.56 Å². The molecular formula is C15H19NO2. The largest absolute Gasteiger partial charge is 0.302 e. The van der Waals surface area contributed by atoms with Crippen molar-refractivity contribution < 1.29 is 9.59 Å². The molecule has 0 saturated carbocycles. The average Bonchev–Trinajstić information content (AvgIpc) is 2.55. The average molecular weight is 245 g/mol. The van der Waals surface area contributed by atoms with Gasteiger partial charge in [0.1, 0.15) is 0 Å². The molecule has 96 valence electrons. The van der Waals surface area contributed by atoms with Crippen LogP contribution in [0.3, 0.4) is 0 Å². The fraction of sp³-hybridized carbons (Fsp3) is 0.467. The molecule has 18 heavy (non-hydrogen) atoms. The van der Waals surface area contributed by atoms with Crippen molar-refractivity contribution in [2.75, 3.05) is 4.90 Å². The van der Waals surface area contributed by atoms with Crippen molar-refractivity contribution in [2.45, 2.75) is 45.6 Å². The molecule has 0 aliphatic carbocycles. The molecule has 1 amide bonds. The number of amides is 1. The molecule has 0 saturated heterocycles. The zero-order valence-electron chi connectivity index (χ0n) is 11.0. The lowest BCUT2D eigenvalue weighted by Gasteiger charge is -2.28. The van der Waals surface area contributed by atoms with E-state index in [9.17, 15) is 9.59 Å². The number of nitrogens with zero attached hydrogens (tertiary/aromatic N) is 1. The summed E-state index contributed by atoms with van der Waals surface area (Å²) in [6.45, 7) is 3.67. The molecule has 0 aromatic heterocycles. The second kappa shape index (κ2) is 5.34. The number of aryl methyl sites for hydroxylation is 1. The monoisotopic (exact) mass is 245 g/mol. The van der Waals surface area contributed by atoms with Crippen molar-refractivity contribution in [3.05, 3.63) is 29.8 Å². The van der Waals surface area contributed by atoms with Crippen LogP contribution in [0, 0.1) is 0 Å². The maximum Gasteiger partial charge on any atom is 0.227 e. The van der Waals surface area contributed by atoms with Gasteiger partial charge in [0.25, 0.3) is 0 Å². The lowest BCUT2D eigenvalue weighted by Crippen LogP contribution is -2.43. The summed E-state index contributed by atoms with van der Waals surface area (Å²) in [5.74, 6) is 0.175. The molecule has 1 aromatic rings. The van der Waals surface area contributed by atoms with Gasteiger partial charge < -0.3 is 4.90 Å². The molecule has 1 aliphatic rings. The summed E-state index contributed by atoms with van der Waals surface area (Å²) in [4.78, 5) is 25.8. The van der Waals surface area contributed by atoms with Crippen LogP contribution in [-0.2, 0) is 16.0 Å². The predicted octanol–water partition coefficient (Wildman–Crippen LogP) is 2.72. The molecule has 1 aromatic carbocycles. The molecule has 2 rings (SSSR count). The molecule has 1 unspecified atom stereocenters. The number of anilines is 1. The highest BCUT2D eigenvalue weighted by atomic mass is 16.2. The van der Waals surface area contributed by atoms with E-state index in [-0.39, 0.29) is 17.7 Å². The van der Waals surface area contributed by atoms with Gasteiger partial charge in [-0.3, -0.25) is 9.59 Å². The Labute approximate surface area is 108 Å². The molecule has 3 heteroatoms. The first-order valence-electron chi connectivity index (χ1n) is 6.57. The van der Waals surface area contributed by atoms with Crippen LogP contribution in [0.4, 0.5) is 5.69 Å². The molecule has 0 N–H and O–H groups in total.